The van der Waals surface area contributed by atoms with Gasteiger partial charge in [-0.05, 0) is 6.42 Å². The molecule has 0 fully saturated rings. The van der Waals surface area contributed by atoms with Gasteiger partial charge in [0.25, 0.3) is 0 Å². The van der Waals surface area contributed by atoms with E-state index in [2.05, 4.69) is 6.92 Å². The molecule has 0 aliphatic carbocycles. The molecule has 0 amide bonds. The Morgan fingerprint density at radius 1 is 1.50 bits per heavy atom. The Morgan fingerprint density at radius 2 is 2.00 bits per heavy atom. The summed E-state index contributed by atoms with van der Waals surface area (Å²) in [6.45, 7) is 6.15. The first-order chi connectivity index (χ1) is 4.54. The minimum Gasteiger partial charge on any atom is -0.324 e. The van der Waals surface area contributed by atoms with Crippen molar-refractivity contribution in [3.8, 4) is 0 Å². The lowest BCUT2D eigenvalue weighted by molar-refractivity contribution is -0.126. The van der Waals surface area contributed by atoms with Crippen LogP contribution in [-0.4, -0.2) is 12.3 Å². The molecule has 0 saturated carbocycles. The monoisotopic (exact) mass is 143 g/mol. The minimum absolute atomic E-state index is 0.161. The van der Waals surface area contributed by atoms with Crippen molar-refractivity contribution in [2.45, 2.75) is 33.6 Å². The molecule has 0 heterocycles. The van der Waals surface area contributed by atoms with Crippen LogP contribution in [0, 0.1) is 5.41 Å². The molecule has 0 spiro atoms. The van der Waals surface area contributed by atoms with Crippen molar-refractivity contribution in [3.63, 3.8) is 0 Å². The average molecular weight is 143 g/mol. The Kier molecular flexibility index (Phi) is 3.58. The molecule has 0 aromatic carbocycles. The lowest BCUT2D eigenvalue weighted by Crippen LogP contribution is -2.30. The van der Waals surface area contributed by atoms with Gasteiger partial charge in [0.1, 0.15) is 0 Å². The van der Waals surface area contributed by atoms with Crippen LogP contribution >= 0.6 is 0 Å². The number of hydrogen-bond acceptors (Lipinski definition) is 2. The summed E-state index contributed by atoms with van der Waals surface area (Å²) in [6.07, 6.45) is 1.97. The highest BCUT2D eigenvalue weighted by atomic mass is 16.1. The van der Waals surface area contributed by atoms with Crippen molar-refractivity contribution in [1.82, 2.24) is 0 Å². The smallest absolute Gasteiger partial charge is 0.151 e. The van der Waals surface area contributed by atoms with E-state index in [4.69, 9.17) is 5.73 Å². The van der Waals surface area contributed by atoms with Gasteiger partial charge in [0.05, 0.1) is 6.54 Å². The first kappa shape index (κ1) is 9.63. The van der Waals surface area contributed by atoms with Crippen molar-refractivity contribution in [2.75, 3.05) is 6.54 Å². The topological polar surface area (TPSA) is 43.1 Å². The second-order valence-corrected chi connectivity index (χ2v) is 3.26. The number of Topliss-reactive ketones (excluding diaryl/α,β-unsaturated/α-hetero) is 1. The fourth-order valence-electron chi connectivity index (χ4n) is 1.04. The van der Waals surface area contributed by atoms with E-state index >= 15 is 0 Å². The largest absolute Gasteiger partial charge is 0.324 e. The summed E-state index contributed by atoms with van der Waals surface area (Å²) in [5.41, 5.74) is 5.03. The van der Waals surface area contributed by atoms with Crippen LogP contribution in [-0.2, 0) is 4.79 Å². The second kappa shape index (κ2) is 3.71. The molecule has 0 rings (SSSR count). The van der Waals surface area contributed by atoms with Gasteiger partial charge >= 0.3 is 0 Å². The van der Waals surface area contributed by atoms with Crippen molar-refractivity contribution in [2.24, 2.45) is 11.1 Å². The zero-order chi connectivity index (χ0) is 8.20. The SMILES string of the molecule is CCCC(C)(C)C(=O)CN. The lowest BCUT2D eigenvalue weighted by Gasteiger charge is -2.20. The van der Waals surface area contributed by atoms with E-state index in [-0.39, 0.29) is 17.7 Å². The molecule has 0 aromatic rings. The number of carbonyl (C=O) groups excluding carboxylic acids is 1. The van der Waals surface area contributed by atoms with Crippen molar-refractivity contribution in [1.29, 1.82) is 0 Å². The maximum Gasteiger partial charge on any atom is 0.151 e. The minimum atomic E-state index is -0.205. The Bertz CT molecular complexity index is 118. The molecule has 0 aliphatic rings. The fourth-order valence-corrected chi connectivity index (χ4v) is 1.04. The zero-order valence-corrected chi connectivity index (χ0v) is 7.11. The molecule has 0 aliphatic heterocycles. The standard InChI is InChI=1S/C8H17NO/c1-4-5-8(2,3)7(10)6-9/h4-6,9H2,1-3H3. The maximum atomic E-state index is 11.1. The Hall–Kier alpha value is -0.370. The van der Waals surface area contributed by atoms with Crippen LogP contribution < -0.4 is 5.73 Å². The zero-order valence-electron chi connectivity index (χ0n) is 7.11. The molecular weight excluding hydrogens is 126 g/mol. The molecule has 2 N–H and O–H groups in total. The van der Waals surface area contributed by atoms with Gasteiger partial charge in [-0.15, -0.1) is 0 Å². The van der Waals surface area contributed by atoms with Crippen LogP contribution in [0.3, 0.4) is 0 Å². The average Bonchev–Trinajstić information content (AvgIpc) is 1.86. The molecule has 0 unspecified atom stereocenters. The highest BCUT2D eigenvalue weighted by Crippen LogP contribution is 2.22. The summed E-state index contributed by atoms with van der Waals surface area (Å²) in [4.78, 5) is 11.1. The Balaban J connectivity index is 3.96. The van der Waals surface area contributed by atoms with E-state index in [0.717, 1.165) is 12.8 Å². The summed E-state index contributed by atoms with van der Waals surface area (Å²) in [7, 11) is 0. The van der Waals surface area contributed by atoms with Gasteiger partial charge in [0.2, 0.25) is 0 Å². The third-order valence-electron chi connectivity index (χ3n) is 1.82. The molecule has 0 radical (unpaired) electrons. The highest BCUT2D eigenvalue weighted by Gasteiger charge is 2.24. The van der Waals surface area contributed by atoms with Gasteiger partial charge < -0.3 is 5.73 Å². The number of nitrogens with two attached hydrogens (primary N) is 1. The van der Waals surface area contributed by atoms with Gasteiger partial charge in [-0.2, -0.15) is 0 Å². The molecule has 0 aromatic heterocycles. The summed E-state index contributed by atoms with van der Waals surface area (Å²) in [6, 6.07) is 0. The van der Waals surface area contributed by atoms with E-state index in [0.29, 0.717) is 0 Å². The highest BCUT2D eigenvalue weighted by molar-refractivity contribution is 5.85. The molecule has 0 saturated heterocycles. The number of ketones is 1. The van der Waals surface area contributed by atoms with Crippen LogP contribution in [0.4, 0.5) is 0 Å². The molecule has 2 nitrogen and oxygen atoms in total. The van der Waals surface area contributed by atoms with E-state index < -0.39 is 0 Å². The fraction of sp³-hybridized carbons (Fsp3) is 0.875. The summed E-state index contributed by atoms with van der Waals surface area (Å²) >= 11 is 0. The van der Waals surface area contributed by atoms with Crippen LogP contribution in [0.5, 0.6) is 0 Å². The van der Waals surface area contributed by atoms with Gasteiger partial charge in [0, 0.05) is 5.41 Å². The molecule has 60 valence electrons. The Labute approximate surface area is 62.8 Å². The number of hydrogen-bond donors (Lipinski definition) is 1. The molecule has 10 heavy (non-hydrogen) atoms. The molecule has 0 atom stereocenters. The summed E-state index contributed by atoms with van der Waals surface area (Å²) in [5, 5.41) is 0. The molecular formula is C8H17NO. The van der Waals surface area contributed by atoms with Gasteiger partial charge in [0.15, 0.2) is 5.78 Å². The Morgan fingerprint density at radius 3 is 2.30 bits per heavy atom. The quantitative estimate of drug-likeness (QED) is 0.645. The van der Waals surface area contributed by atoms with Crippen molar-refractivity contribution < 1.29 is 4.79 Å². The van der Waals surface area contributed by atoms with E-state index in [1.54, 1.807) is 0 Å². The maximum absolute atomic E-state index is 11.1. The van der Waals surface area contributed by atoms with E-state index in [1.807, 2.05) is 13.8 Å². The van der Waals surface area contributed by atoms with Crippen LogP contribution in [0.2, 0.25) is 0 Å². The predicted molar refractivity (Wildman–Crippen MR) is 42.8 cm³/mol. The van der Waals surface area contributed by atoms with Crippen molar-refractivity contribution in [3.05, 3.63) is 0 Å². The predicted octanol–water partition coefficient (Wildman–Crippen LogP) is 1.34. The lowest BCUT2D eigenvalue weighted by atomic mass is 9.83. The number of carbonyl (C=O) groups is 1. The normalized spacial score (nSPS) is 11.6. The van der Waals surface area contributed by atoms with E-state index in [1.165, 1.54) is 0 Å². The van der Waals surface area contributed by atoms with Crippen LogP contribution in [0.15, 0.2) is 0 Å². The first-order valence-corrected chi connectivity index (χ1v) is 3.78. The number of rotatable bonds is 4. The van der Waals surface area contributed by atoms with Crippen molar-refractivity contribution >= 4 is 5.78 Å². The summed E-state index contributed by atoms with van der Waals surface area (Å²) < 4.78 is 0. The van der Waals surface area contributed by atoms with Crippen LogP contribution in [0.1, 0.15) is 33.6 Å². The van der Waals surface area contributed by atoms with Gasteiger partial charge in [-0.25, -0.2) is 0 Å². The first-order valence-electron chi connectivity index (χ1n) is 3.78. The molecule has 2 heteroatoms. The van der Waals surface area contributed by atoms with E-state index in [9.17, 15) is 4.79 Å². The van der Waals surface area contributed by atoms with Gasteiger partial charge in [-0.1, -0.05) is 27.2 Å². The third-order valence-corrected chi connectivity index (χ3v) is 1.82. The molecule has 0 bridgehead atoms. The van der Waals surface area contributed by atoms with Crippen LogP contribution in [0.25, 0.3) is 0 Å². The second-order valence-electron chi connectivity index (χ2n) is 3.26. The summed E-state index contributed by atoms with van der Waals surface area (Å²) in [5.74, 6) is 0.161. The third kappa shape index (κ3) is 2.48. The van der Waals surface area contributed by atoms with Gasteiger partial charge in [-0.3, -0.25) is 4.79 Å².